The Hall–Kier alpha value is -3.48. The molecule has 25 heavy (non-hydrogen) atoms. The van der Waals surface area contributed by atoms with Crippen LogP contribution in [0.4, 0.5) is 4.79 Å². The van der Waals surface area contributed by atoms with Gasteiger partial charge >= 0.3 is 6.03 Å². The molecule has 1 unspecified atom stereocenters. The molecule has 0 spiro atoms. The molecule has 1 fully saturated rings. The fraction of sp³-hybridized carbons (Fsp3) is 0.111. The van der Waals surface area contributed by atoms with Crippen LogP contribution in [-0.4, -0.2) is 26.7 Å². The minimum Gasteiger partial charge on any atom is -0.508 e. The van der Waals surface area contributed by atoms with Crippen molar-refractivity contribution in [2.45, 2.75) is 12.1 Å². The van der Waals surface area contributed by atoms with Gasteiger partial charge in [-0.05, 0) is 23.8 Å². The summed E-state index contributed by atoms with van der Waals surface area (Å²) in [7, 11) is 0. The first-order valence-corrected chi connectivity index (χ1v) is 7.69. The van der Waals surface area contributed by atoms with Gasteiger partial charge in [-0.25, -0.2) is 4.79 Å². The fourth-order valence-corrected chi connectivity index (χ4v) is 3.23. The van der Waals surface area contributed by atoms with Gasteiger partial charge < -0.3 is 20.1 Å². The Bertz CT molecular complexity index is 996. The number of nitrogens with one attached hydrogen (secondary N) is 2. The molecule has 0 radical (unpaired) electrons. The van der Waals surface area contributed by atoms with Crippen LogP contribution >= 0.6 is 0 Å². The van der Waals surface area contributed by atoms with Crippen molar-refractivity contribution in [2.24, 2.45) is 0 Å². The topological polar surface area (TPSA) is 104 Å². The Kier molecular flexibility index (Phi) is 3.18. The molecule has 1 atom stereocenters. The lowest BCUT2D eigenvalue weighted by Gasteiger charge is -2.27. The number of imide groups is 1. The number of phenols is 1. The SMILES string of the molecule is O=C1NC(=O)C(Cn2cc3ccc(O)cc3c2O)(c2ccccc2)N1. The van der Waals surface area contributed by atoms with Gasteiger partial charge in [-0.3, -0.25) is 10.1 Å². The molecule has 3 aromatic rings. The third-order valence-electron chi connectivity index (χ3n) is 4.46. The zero-order valence-electron chi connectivity index (χ0n) is 13.1. The number of carbonyl (C=O) groups is 2. The number of fused-ring (bicyclic) bond motifs is 1. The van der Waals surface area contributed by atoms with E-state index in [2.05, 4.69) is 10.6 Å². The number of hydrogen-bond donors (Lipinski definition) is 4. The molecule has 1 aliphatic heterocycles. The van der Waals surface area contributed by atoms with E-state index in [1.807, 2.05) is 6.07 Å². The molecule has 7 heteroatoms. The fourth-order valence-electron chi connectivity index (χ4n) is 3.23. The van der Waals surface area contributed by atoms with E-state index in [-0.39, 0.29) is 18.2 Å². The number of phenolic OH excluding ortho intramolecular Hbond substituents is 1. The molecule has 0 saturated carbocycles. The first-order valence-electron chi connectivity index (χ1n) is 7.69. The standard InChI is InChI=1S/C18H15N3O4/c22-13-7-6-11-9-21(15(23)14(11)8-13)10-18(12-4-2-1-3-5-12)16(24)19-17(25)20-18/h1-9,22-23H,10H2,(H2,19,20,24,25). The Morgan fingerprint density at radius 1 is 1.04 bits per heavy atom. The van der Waals surface area contributed by atoms with Gasteiger partial charge in [0.1, 0.15) is 5.75 Å². The van der Waals surface area contributed by atoms with E-state index in [1.165, 1.54) is 16.7 Å². The number of hydrogen-bond acceptors (Lipinski definition) is 4. The van der Waals surface area contributed by atoms with E-state index in [4.69, 9.17) is 0 Å². The van der Waals surface area contributed by atoms with Crippen LogP contribution in [0.5, 0.6) is 11.6 Å². The lowest BCUT2D eigenvalue weighted by atomic mass is 9.90. The number of aromatic nitrogens is 1. The van der Waals surface area contributed by atoms with E-state index in [0.717, 1.165) is 0 Å². The smallest absolute Gasteiger partial charge is 0.322 e. The number of nitrogens with zero attached hydrogens (tertiary/aromatic N) is 1. The molecular weight excluding hydrogens is 322 g/mol. The Balaban J connectivity index is 1.84. The lowest BCUT2D eigenvalue weighted by molar-refractivity contribution is -0.124. The predicted molar refractivity (Wildman–Crippen MR) is 90.1 cm³/mol. The average molecular weight is 337 g/mol. The maximum absolute atomic E-state index is 12.6. The van der Waals surface area contributed by atoms with Gasteiger partial charge in [0, 0.05) is 17.0 Å². The highest BCUT2D eigenvalue weighted by atomic mass is 16.3. The van der Waals surface area contributed by atoms with Gasteiger partial charge in [0.2, 0.25) is 0 Å². The van der Waals surface area contributed by atoms with Crippen LogP contribution in [0.15, 0.2) is 54.7 Å². The van der Waals surface area contributed by atoms with E-state index in [1.54, 1.807) is 36.5 Å². The normalized spacial score (nSPS) is 19.8. The van der Waals surface area contributed by atoms with Crippen LogP contribution in [0, 0.1) is 0 Å². The van der Waals surface area contributed by atoms with Gasteiger partial charge in [0.15, 0.2) is 11.4 Å². The molecule has 0 aliphatic carbocycles. The summed E-state index contributed by atoms with van der Waals surface area (Å²) in [4.78, 5) is 24.3. The number of aromatic hydroxyl groups is 2. The monoisotopic (exact) mass is 337 g/mol. The average Bonchev–Trinajstić information content (AvgIpc) is 3.06. The summed E-state index contributed by atoms with van der Waals surface area (Å²) in [6, 6.07) is 12.9. The maximum atomic E-state index is 12.6. The van der Waals surface area contributed by atoms with Crippen molar-refractivity contribution in [3.8, 4) is 11.6 Å². The summed E-state index contributed by atoms with van der Waals surface area (Å²) in [6.07, 6.45) is 1.67. The van der Waals surface area contributed by atoms with Crippen molar-refractivity contribution in [2.75, 3.05) is 0 Å². The second-order valence-electron chi connectivity index (χ2n) is 6.03. The summed E-state index contributed by atoms with van der Waals surface area (Å²) >= 11 is 0. The highest BCUT2D eigenvalue weighted by Gasteiger charge is 2.48. The van der Waals surface area contributed by atoms with Gasteiger partial charge in [-0.15, -0.1) is 0 Å². The third-order valence-corrected chi connectivity index (χ3v) is 4.46. The van der Waals surface area contributed by atoms with Crippen molar-refractivity contribution in [3.05, 3.63) is 60.3 Å². The van der Waals surface area contributed by atoms with Gasteiger partial charge in [-0.2, -0.15) is 0 Å². The van der Waals surface area contributed by atoms with Gasteiger partial charge in [0.05, 0.1) is 6.54 Å². The highest BCUT2D eigenvalue weighted by Crippen LogP contribution is 2.34. The van der Waals surface area contributed by atoms with Crippen LogP contribution in [0.2, 0.25) is 0 Å². The second-order valence-corrected chi connectivity index (χ2v) is 6.03. The molecule has 1 aliphatic rings. The van der Waals surface area contributed by atoms with Crippen LogP contribution in [0.1, 0.15) is 5.56 Å². The predicted octanol–water partition coefficient (Wildman–Crippen LogP) is 1.79. The molecule has 7 nitrogen and oxygen atoms in total. The zero-order chi connectivity index (χ0) is 17.6. The number of benzene rings is 2. The lowest BCUT2D eigenvalue weighted by Crippen LogP contribution is -2.47. The molecule has 4 N–H and O–H groups in total. The Morgan fingerprint density at radius 3 is 2.48 bits per heavy atom. The maximum Gasteiger partial charge on any atom is 0.322 e. The minimum absolute atomic E-state index is 0.00978. The summed E-state index contributed by atoms with van der Waals surface area (Å²) in [5, 5.41) is 26.2. The first kappa shape index (κ1) is 15.1. The summed E-state index contributed by atoms with van der Waals surface area (Å²) in [6.45, 7) is 0.00978. The zero-order valence-corrected chi connectivity index (χ0v) is 13.1. The molecule has 2 aromatic carbocycles. The van der Waals surface area contributed by atoms with E-state index in [9.17, 15) is 19.8 Å². The third kappa shape index (κ3) is 2.28. The largest absolute Gasteiger partial charge is 0.508 e. The van der Waals surface area contributed by atoms with E-state index >= 15 is 0 Å². The quantitative estimate of drug-likeness (QED) is 0.547. The van der Waals surface area contributed by atoms with Crippen molar-refractivity contribution in [1.29, 1.82) is 0 Å². The van der Waals surface area contributed by atoms with Crippen LogP contribution in [0.25, 0.3) is 10.8 Å². The molecule has 2 heterocycles. The molecule has 1 saturated heterocycles. The Morgan fingerprint density at radius 2 is 1.80 bits per heavy atom. The van der Waals surface area contributed by atoms with E-state index < -0.39 is 17.5 Å². The number of amides is 3. The van der Waals surface area contributed by atoms with Crippen LogP contribution in [0.3, 0.4) is 0 Å². The Labute approximate surface area is 142 Å². The highest BCUT2D eigenvalue weighted by molar-refractivity contribution is 6.07. The number of rotatable bonds is 3. The first-order chi connectivity index (χ1) is 12.0. The molecule has 126 valence electrons. The van der Waals surface area contributed by atoms with Crippen LogP contribution < -0.4 is 10.6 Å². The second kappa shape index (κ2) is 5.27. The molecule has 0 bridgehead atoms. The van der Waals surface area contributed by atoms with Gasteiger partial charge in [0.25, 0.3) is 5.91 Å². The summed E-state index contributed by atoms with van der Waals surface area (Å²) < 4.78 is 1.49. The van der Waals surface area contributed by atoms with Crippen molar-refractivity contribution < 1.29 is 19.8 Å². The van der Waals surface area contributed by atoms with Crippen LogP contribution in [-0.2, 0) is 16.9 Å². The molecule has 4 rings (SSSR count). The van der Waals surface area contributed by atoms with Crippen molar-refractivity contribution >= 4 is 22.7 Å². The molecular formula is C18H15N3O4. The summed E-state index contributed by atoms with van der Waals surface area (Å²) in [5.74, 6) is -0.538. The molecule has 3 amide bonds. The molecule has 1 aromatic heterocycles. The number of urea groups is 1. The minimum atomic E-state index is -1.33. The summed E-state index contributed by atoms with van der Waals surface area (Å²) in [5.41, 5.74) is -0.717. The number of carbonyl (C=O) groups excluding carboxylic acids is 2. The van der Waals surface area contributed by atoms with Gasteiger partial charge in [-0.1, -0.05) is 30.3 Å². The van der Waals surface area contributed by atoms with Crippen molar-refractivity contribution in [1.82, 2.24) is 15.2 Å². The van der Waals surface area contributed by atoms with Crippen molar-refractivity contribution in [3.63, 3.8) is 0 Å². The van der Waals surface area contributed by atoms with E-state index in [0.29, 0.717) is 16.3 Å².